The molecular formula is C18H23NO4. The Morgan fingerprint density at radius 3 is 2.70 bits per heavy atom. The zero-order valence-corrected chi connectivity index (χ0v) is 13.5. The topological polar surface area (TPSA) is 70.0 Å². The predicted molar refractivity (Wildman–Crippen MR) is 83.5 cm³/mol. The van der Waals surface area contributed by atoms with E-state index in [1.165, 1.54) is 0 Å². The van der Waals surface area contributed by atoms with Gasteiger partial charge >= 0.3 is 0 Å². The molecule has 124 valence electrons. The lowest BCUT2D eigenvalue weighted by Crippen LogP contribution is -2.48. The summed E-state index contributed by atoms with van der Waals surface area (Å²) in [6, 6.07) is 9.23. The van der Waals surface area contributed by atoms with Gasteiger partial charge in [0.2, 0.25) is 5.91 Å². The number of benzene rings is 1. The van der Waals surface area contributed by atoms with Crippen LogP contribution in [0.4, 0.5) is 0 Å². The van der Waals surface area contributed by atoms with E-state index in [0.717, 1.165) is 5.56 Å². The number of hydrogen-bond donors (Lipinski definition) is 2. The maximum Gasteiger partial charge on any atom is 0.230 e. The fourth-order valence-corrected chi connectivity index (χ4v) is 5.11. The molecule has 3 aliphatic heterocycles. The molecule has 3 heterocycles. The molecule has 0 aliphatic carbocycles. The smallest absolute Gasteiger partial charge is 0.230 e. The molecule has 1 aromatic carbocycles. The molecular weight excluding hydrogens is 294 g/mol. The maximum absolute atomic E-state index is 13.1. The SMILES string of the molecule is CC1(C)[C@H]2O[C@@]3(C[C@H]2O)CN([C@@H](CO)c2ccccc2)C(=O)[C@@H]13. The summed E-state index contributed by atoms with van der Waals surface area (Å²) in [7, 11) is 0. The predicted octanol–water partition coefficient (Wildman–Crippen LogP) is 1.11. The standard InChI is InChI=1S/C18H23NO4/c1-17(2)14-16(22)19(10-18(14)8-13(21)15(17)23-18)12(9-20)11-6-4-3-5-7-11/h3-7,12-15,20-21H,8-10H2,1-2H3/t12-,13+,14-,15-,18-/m0/s1. The Balaban J connectivity index is 1.70. The molecule has 5 heteroatoms. The Morgan fingerprint density at radius 2 is 2.04 bits per heavy atom. The van der Waals surface area contributed by atoms with Gasteiger partial charge in [-0.25, -0.2) is 0 Å². The van der Waals surface area contributed by atoms with E-state index in [9.17, 15) is 15.0 Å². The second-order valence-electron chi connectivity index (χ2n) is 7.70. The van der Waals surface area contributed by atoms with Crippen LogP contribution in [0.15, 0.2) is 30.3 Å². The van der Waals surface area contributed by atoms with Crippen molar-refractivity contribution in [2.75, 3.05) is 13.2 Å². The van der Waals surface area contributed by atoms with Crippen LogP contribution in [0, 0.1) is 11.3 Å². The number of fused-ring (bicyclic) bond motifs is 1. The Labute approximate surface area is 135 Å². The Bertz CT molecular complexity index is 631. The first-order chi connectivity index (χ1) is 10.9. The fourth-order valence-electron chi connectivity index (χ4n) is 5.11. The van der Waals surface area contributed by atoms with Crippen molar-refractivity contribution >= 4 is 5.91 Å². The lowest BCUT2D eigenvalue weighted by atomic mass is 9.64. The van der Waals surface area contributed by atoms with Crippen LogP contribution in [-0.4, -0.2) is 52.0 Å². The van der Waals surface area contributed by atoms with E-state index < -0.39 is 11.7 Å². The van der Waals surface area contributed by atoms with Gasteiger partial charge in [0.15, 0.2) is 0 Å². The summed E-state index contributed by atoms with van der Waals surface area (Å²) in [5, 5.41) is 20.2. The van der Waals surface area contributed by atoms with Gasteiger partial charge in [-0.3, -0.25) is 4.79 Å². The maximum atomic E-state index is 13.1. The number of ether oxygens (including phenoxy) is 1. The quantitative estimate of drug-likeness (QED) is 0.876. The molecule has 2 N–H and O–H groups in total. The van der Waals surface area contributed by atoms with Crippen LogP contribution in [0.2, 0.25) is 0 Å². The van der Waals surface area contributed by atoms with Crippen molar-refractivity contribution in [3.8, 4) is 0 Å². The largest absolute Gasteiger partial charge is 0.394 e. The molecule has 3 fully saturated rings. The molecule has 2 bridgehead atoms. The highest BCUT2D eigenvalue weighted by Gasteiger charge is 2.73. The van der Waals surface area contributed by atoms with Gasteiger partial charge in [0.1, 0.15) is 5.60 Å². The van der Waals surface area contributed by atoms with Crippen LogP contribution in [0.3, 0.4) is 0 Å². The minimum Gasteiger partial charge on any atom is -0.394 e. The minimum atomic E-state index is -0.604. The van der Waals surface area contributed by atoms with Crippen molar-refractivity contribution in [1.82, 2.24) is 4.90 Å². The first kappa shape index (κ1) is 15.1. The van der Waals surface area contributed by atoms with E-state index in [2.05, 4.69) is 0 Å². The number of amides is 1. The molecule has 4 rings (SSSR count). The number of aliphatic hydroxyl groups is 2. The summed E-state index contributed by atoms with van der Waals surface area (Å²) in [5.74, 6) is -0.214. The van der Waals surface area contributed by atoms with E-state index in [4.69, 9.17) is 4.74 Å². The number of likely N-dealkylation sites (tertiary alicyclic amines) is 1. The van der Waals surface area contributed by atoms with Gasteiger partial charge in [0.25, 0.3) is 0 Å². The van der Waals surface area contributed by atoms with Gasteiger partial charge in [-0.05, 0) is 5.56 Å². The lowest BCUT2D eigenvalue weighted by molar-refractivity contribution is -0.138. The highest BCUT2D eigenvalue weighted by Crippen LogP contribution is 2.61. The van der Waals surface area contributed by atoms with Crippen LogP contribution in [0.5, 0.6) is 0 Å². The Hall–Kier alpha value is -1.43. The molecule has 5 nitrogen and oxygen atoms in total. The number of rotatable bonds is 3. The Kier molecular flexibility index (Phi) is 3.15. The highest BCUT2D eigenvalue weighted by atomic mass is 16.5. The molecule has 1 aromatic rings. The summed E-state index contributed by atoms with van der Waals surface area (Å²) < 4.78 is 6.15. The van der Waals surface area contributed by atoms with Crippen LogP contribution in [0.1, 0.15) is 31.9 Å². The molecule has 0 saturated carbocycles. The van der Waals surface area contributed by atoms with E-state index in [-0.39, 0.29) is 36.0 Å². The van der Waals surface area contributed by atoms with Crippen molar-refractivity contribution in [3.63, 3.8) is 0 Å². The Morgan fingerprint density at radius 1 is 1.35 bits per heavy atom. The fraction of sp³-hybridized carbons (Fsp3) is 0.611. The molecule has 1 spiro atoms. The van der Waals surface area contributed by atoms with Crippen molar-refractivity contribution in [2.24, 2.45) is 11.3 Å². The van der Waals surface area contributed by atoms with Crippen LogP contribution in [0.25, 0.3) is 0 Å². The van der Waals surface area contributed by atoms with E-state index in [0.29, 0.717) is 13.0 Å². The second kappa shape index (κ2) is 4.79. The van der Waals surface area contributed by atoms with Gasteiger partial charge in [-0.15, -0.1) is 0 Å². The zero-order chi connectivity index (χ0) is 16.4. The molecule has 0 unspecified atom stereocenters. The number of carbonyl (C=O) groups is 1. The van der Waals surface area contributed by atoms with Gasteiger partial charge in [0.05, 0.1) is 37.3 Å². The van der Waals surface area contributed by atoms with Crippen molar-refractivity contribution < 1.29 is 19.7 Å². The zero-order valence-electron chi connectivity index (χ0n) is 13.5. The first-order valence-electron chi connectivity index (χ1n) is 8.23. The summed E-state index contributed by atoms with van der Waals surface area (Å²) in [6.07, 6.45) is -0.290. The molecule has 5 atom stereocenters. The number of aliphatic hydroxyl groups excluding tert-OH is 2. The van der Waals surface area contributed by atoms with Gasteiger partial charge in [-0.2, -0.15) is 0 Å². The lowest BCUT2D eigenvalue weighted by Gasteiger charge is -2.36. The van der Waals surface area contributed by atoms with E-state index in [1.54, 1.807) is 4.90 Å². The van der Waals surface area contributed by atoms with E-state index >= 15 is 0 Å². The van der Waals surface area contributed by atoms with Crippen LogP contribution >= 0.6 is 0 Å². The molecule has 0 radical (unpaired) electrons. The third-order valence-corrected chi connectivity index (χ3v) is 5.97. The van der Waals surface area contributed by atoms with Crippen LogP contribution in [-0.2, 0) is 9.53 Å². The molecule has 0 aromatic heterocycles. The highest BCUT2D eigenvalue weighted by molar-refractivity contribution is 5.85. The third kappa shape index (κ3) is 1.87. The molecule has 23 heavy (non-hydrogen) atoms. The molecule has 3 aliphatic rings. The van der Waals surface area contributed by atoms with Gasteiger partial charge in [-0.1, -0.05) is 44.2 Å². The minimum absolute atomic E-state index is 0.0345. The summed E-state index contributed by atoms with van der Waals surface area (Å²) in [6.45, 7) is 4.33. The normalized spacial score (nSPS) is 38.9. The van der Waals surface area contributed by atoms with Crippen molar-refractivity contribution in [2.45, 2.75) is 44.1 Å². The molecule has 1 amide bonds. The second-order valence-corrected chi connectivity index (χ2v) is 7.70. The van der Waals surface area contributed by atoms with Gasteiger partial charge < -0.3 is 19.8 Å². The first-order valence-corrected chi connectivity index (χ1v) is 8.23. The molecule has 3 saturated heterocycles. The summed E-state index contributed by atoms with van der Waals surface area (Å²) in [4.78, 5) is 14.9. The van der Waals surface area contributed by atoms with Crippen molar-refractivity contribution in [1.29, 1.82) is 0 Å². The van der Waals surface area contributed by atoms with E-state index in [1.807, 2.05) is 44.2 Å². The number of nitrogens with zero attached hydrogens (tertiary/aromatic N) is 1. The summed E-state index contributed by atoms with van der Waals surface area (Å²) in [5.41, 5.74) is -0.0693. The monoisotopic (exact) mass is 317 g/mol. The number of carbonyl (C=O) groups excluding carboxylic acids is 1. The number of hydrogen-bond acceptors (Lipinski definition) is 4. The third-order valence-electron chi connectivity index (χ3n) is 5.97. The summed E-state index contributed by atoms with van der Waals surface area (Å²) >= 11 is 0. The van der Waals surface area contributed by atoms with Crippen molar-refractivity contribution in [3.05, 3.63) is 35.9 Å². The van der Waals surface area contributed by atoms with Crippen LogP contribution < -0.4 is 0 Å². The average molecular weight is 317 g/mol. The average Bonchev–Trinajstić information content (AvgIpc) is 3.07. The van der Waals surface area contributed by atoms with Gasteiger partial charge in [0, 0.05) is 11.8 Å².